The van der Waals surface area contributed by atoms with Gasteiger partial charge >= 0.3 is 6.01 Å². The van der Waals surface area contributed by atoms with Gasteiger partial charge in [-0.1, -0.05) is 6.07 Å². The van der Waals surface area contributed by atoms with Gasteiger partial charge in [0.25, 0.3) is 0 Å². The van der Waals surface area contributed by atoms with E-state index in [2.05, 4.69) is 15.0 Å². The van der Waals surface area contributed by atoms with E-state index in [1.165, 1.54) is 0 Å². The summed E-state index contributed by atoms with van der Waals surface area (Å²) in [6.45, 7) is 11.8. The molecule has 0 aliphatic heterocycles. The predicted octanol–water partition coefficient (Wildman–Crippen LogP) is 3.89. The normalized spacial score (nSPS) is 12.1. The lowest BCUT2D eigenvalue weighted by Gasteiger charge is -2.24. The molecule has 0 aromatic carbocycles. The fraction of sp³-hybridized carbons (Fsp3) is 0.471. The number of aromatic nitrogens is 3. The summed E-state index contributed by atoms with van der Waals surface area (Å²) in [5.74, 6) is 0.495. The second-order valence-electron chi connectivity index (χ2n) is 7.04. The minimum Gasteiger partial charge on any atom is -0.471 e. The third-order valence-electron chi connectivity index (χ3n) is 2.50. The van der Waals surface area contributed by atoms with Crippen LogP contribution in [0.3, 0.4) is 0 Å². The van der Waals surface area contributed by atoms with Gasteiger partial charge in [0.2, 0.25) is 5.88 Å². The SMILES string of the molecule is CC(C)(C)Oc1ncc(-c2cccnc2)c(OC(C)(C)C)n1. The van der Waals surface area contributed by atoms with E-state index in [1.54, 1.807) is 18.6 Å². The molecule has 0 unspecified atom stereocenters. The zero-order valence-electron chi connectivity index (χ0n) is 14.0. The second kappa shape index (κ2) is 5.91. The zero-order chi connectivity index (χ0) is 16.4. The van der Waals surface area contributed by atoms with Gasteiger partial charge in [0, 0.05) is 24.2 Å². The van der Waals surface area contributed by atoms with Crippen LogP contribution in [0, 0.1) is 0 Å². The Morgan fingerprint density at radius 1 is 0.909 bits per heavy atom. The molecule has 5 nitrogen and oxygen atoms in total. The van der Waals surface area contributed by atoms with Crippen LogP contribution in [0.1, 0.15) is 41.5 Å². The molecule has 0 saturated heterocycles. The summed E-state index contributed by atoms with van der Waals surface area (Å²) in [6, 6.07) is 4.13. The van der Waals surface area contributed by atoms with Crippen molar-refractivity contribution in [2.24, 2.45) is 0 Å². The number of hydrogen-bond donors (Lipinski definition) is 0. The highest BCUT2D eigenvalue weighted by atomic mass is 16.5. The number of nitrogens with zero attached hydrogens (tertiary/aromatic N) is 3. The van der Waals surface area contributed by atoms with Crippen molar-refractivity contribution < 1.29 is 9.47 Å². The maximum absolute atomic E-state index is 5.98. The molecule has 2 aromatic rings. The van der Waals surface area contributed by atoms with Crippen molar-refractivity contribution in [2.75, 3.05) is 0 Å². The Morgan fingerprint density at radius 2 is 1.59 bits per heavy atom. The lowest BCUT2D eigenvalue weighted by molar-refractivity contribution is 0.103. The molecule has 22 heavy (non-hydrogen) atoms. The maximum Gasteiger partial charge on any atom is 0.320 e. The summed E-state index contributed by atoms with van der Waals surface area (Å²) in [4.78, 5) is 12.9. The summed E-state index contributed by atoms with van der Waals surface area (Å²) >= 11 is 0. The Labute approximate surface area is 131 Å². The third-order valence-corrected chi connectivity index (χ3v) is 2.50. The van der Waals surface area contributed by atoms with E-state index in [-0.39, 0.29) is 11.2 Å². The first kappa shape index (κ1) is 16.2. The third kappa shape index (κ3) is 4.69. The van der Waals surface area contributed by atoms with Gasteiger partial charge in [-0.25, -0.2) is 4.98 Å². The molecule has 0 fully saturated rings. The van der Waals surface area contributed by atoms with E-state index >= 15 is 0 Å². The van der Waals surface area contributed by atoms with E-state index in [1.807, 2.05) is 53.7 Å². The molecule has 0 saturated carbocycles. The highest BCUT2D eigenvalue weighted by Crippen LogP contribution is 2.31. The first-order valence-electron chi connectivity index (χ1n) is 7.29. The molecule has 2 aromatic heterocycles. The summed E-state index contributed by atoms with van der Waals surface area (Å²) in [5.41, 5.74) is 0.965. The largest absolute Gasteiger partial charge is 0.471 e. The maximum atomic E-state index is 5.98. The summed E-state index contributed by atoms with van der Waals surface area (Å²) in [6.07, 6.45) is 5.20. The van der Waals surface area contributed by atoms with Crippen LogP contribution in [0.15, 0.2) is 30.7 Å². The topological polar surface area (TPSA) is 57.1 Å². The lowest BCUT2D eigenvalue weighted by Crippen LogP contribution is -2.26. The van der Waals surface area contributed by atoms with Crippen molar-refractivity contribution in [3.63, 3.8) is 0 Å². The molecule has 0 atom stereocenters. The molecule has 118 valence electrons. The van der Waals surface area contributed by atoms with Crippen LogP contribution >= 0.6 is 0 Å². The van der Waals surface area contributed by atoms with Crippen molar-refractivity contribution in [3.05, 3.63) is 30.7 Å². The highest BCUT2D eigenvalue weighted by molar-refractivity contribution is 5.66. The average Bonchev–Trinajstić information content (AvgIpc) is 2.36. The van der Waals surface area contributed by atoms with Crippen molar-refractivity contribution in [1.29, 1.82) is 0 Å². The van der Waals surface area contributed by atoms with Crippen LogP contribution in [-0.4, -0.2) is 26.2 Å². The van der Waals surface area contributed by atoms with Crippen molar-refractivity contribution in [2.45, 2.75) is 52.7 Å². The Kier molecular flexibility index (Phi) is 4.35. The van der Waals surface area contributed by atoms with Crippen molar-refractivity contribution in [3.8, 4) is 23.0 Å². The molecule has 2 heterocycles. The summed E-state index contributed by atoms with van der Waals surface area (Å²) < 4.78 is 11.7. The first-order valence-corrected chi connectivity index (χ1v) is 7.29. The van der Waals surface area contributed by atoms with E-state index in [9.17, 15) is 0 Å². The number of ether oxygens (including phenoxy) is 2. The zero-order valence-corrected chi connectivity index (χ0v) is 14.0. The minimum absolute atomic E-state index is 0.305. The predicted molar refractivity (Wildman–Crippen MR) is 86.0 cm³/mol. The van der Waals surface area contributed by atoms with Gasteiger partial charge < -0.3 is 9.47 Å². The fourth-order valence-corrected chi connectivity index (χ4v) is 1.76. The van der Waals surface area contributed by atoms with Gasteiger partial charge in [-0.15, -0.1) is 0 Å². The smallest absolute Gasteiger partial charge is 0.320 e. The number of pyridine rings is 1. The van der Waals surface area contributed by atoms with Gasteiger partial charge in [-0.2, -0.15) is 4.98 Å². The van der Waals surface area contributed by atoms with Crippen LogP contribution < -0.4 is 9.47 Å². The van der Waals surface area contributed by atoms with Gasteiger partial charge in [0.1, 0.15) is 11.2 Å². The molecule has 0 amide bonds. The minimum atomic E-state index is -0.371. The molecule has 2 rings (SSSR count). The number of hydrogen-bond acceptors (Lipinski definition) is 5. The Hall–Kier alpha value is -2.17. The Balaban J connectivity index is 2.45. The molecule has 0 bridgehead atoms. The van der Waals surface area contributed by atoms with Gasteiger partial charge in [0.05, 0.1) is 5.56 Å². The molecular formula is C17H23N3O2. The summed E-state index contributed by atoms with van der Waals surface area (Å²) in [7, 11) is 0. The van der Waals surface area contributed by atoms with Crippen LogP contribution in [0.5, 0.6) is 11.9 Å². The van der Waals surface area contributed by atoms with E-state index in [4.69, 9.17) is 9.47 Å². The van der Waals surface area contributed by atoms with Crippen molar-refractivity contribution in [1.82, 2.24) is 15.0 Å². The van der Waals surface area contributed by atoms with Gasteiger partial charge in [-0.05, 0) is 47.6 Å². The fourth-order valence-electron chi connectivity index (χ4n) is 1.76. The summed E-state index contributed by atoms with van der Waals surface area (Å²) in [5, 5.41) is 0. The molecular weight excluding hydrogens is 278 g/mol. The quantitative estimate of drug-likeness (QED) is 0.860. The van der Waals surface area contributed by atoms with Gasteiger partial charge in [0.15, 0.2) is 0 Å². The standard InChI is InChI=1S/C17H23N3O2/c1-16(2,3)21-14-13(12-8-7-9-18-10-12)11-19-15(20-14)22-17(4,5)6/h7-11H,1-6H3. The average molecular weight is 301 g/mol. The Bertz CT molecular complexity index is 629. The van der Waals surface area contributed by atoms with Crippen molar-refractivity contribution >= 4 is 0 Å². The first-order chi connectivity index (χ1) is 10.1. The number of rotatable bonds is 3. The van der Waals surface area contributed by atoms with Crippen LogP contribution in [0.25, 0.3) is 11.1 Å². The second-order valence-corrected chi connectivity index (χ2v) is 7.04. The molecule has 0 spiro atoms. The van der Waals surface area contributed by atoms with Crippen LogP contribution in [0.4, 0.5) is 0 Å². The van der Waals surface area contributed by atoms with Gasteiger partial charge in [-0.3, -0.25) is 4.98 Å². The molecule has 0 aliphatic rings. The molecule has 0 radical (unpaired) electrons. The molecule has 0 aliphatic carbocycles. The van der Waals surface area contributed by atoms with Crippen LogP contribution in [0.2, 0.25) is 0 Å². The lowest BCUT2D eigenvalue weighted by atomic mass is 10.1. The molecule has 5 heteroatoms. The van der Waals surface area contributed by atoms with Crippen LogP contribution in [-0.2, 0) is 0 Å². The highest BCUT2D eigenvalue weighted by Gasteiger charge is 2.21. The Morgan fingerprint density at radius 3 is 2.14 bits per heavy atom. The molecule has 0 N–H and O–H groups in total. The van der Waals surface area contributed by atoms with E-state index < -0.39 is 0 Å². The monoisotopic (exact) mass is 301 g/mol. The van der Waals surface area contributed by atoms with E-state index in [0.717, 1.165) is 11.1 Å². The van der Waals surface area contributed by atoms with E-state index in [0.29, 0.717) is 11.9 Å².